The van der Waals surface area contributed by atoms with E-state index in [1.165, 1.54) is 22.7 Å². The van der Waals surface area contributed by atoms with E-state index in [-0.39, 0.29) is 5.41 Å². The Hall–Kier alpha value is 1.32. The number of hydrogen-bond acceptors (Lipinski definition) is 0. The highest BCUT2D eigenvalue weighted by molar-refractivity contribution is 7.93. The molecule has 0 bridgehead atoms. The van der Waals surface area contributed by atoms with Crippen molar-refractivity contribution in [1.82, 2.24) is 0 Å². The van der Waals surface area contributed by atoms with Gasteiger partial charge < -0.3 is 0 Å². The van der Waals surface area contributed by atoms with Crippen molar-refractivity contribution in [3.8, 4) is 0 Å². The molecule has 1 aromatic rings. The summed E-state index contributed by atoms with van der Waals surface area (Å²) in [6.45, 7) is 54.2. The van der Waals surface area contributed by atoms with Gasteiger partial charge in [0.1, 0.15) is 9.04 Å². The standard InChI is InChI=1S/C34H72Cl2Si7/c1-25(2)28-22-29(26(3)4)31(30(23-28)27(5)6)37-43(35,36)42(24-34(7,8)9,32(38(10,11)12)39(13,14)15)33(40(16,17)18)41(19,20)21/h22-23,25-27,32-33H,24H2,1-21H3. The fourth-order valence-electron chi connectivity index (χ4n) is 9.78. The van der Waals surface area contributed by atoms with Gasteiger partial charge in [0.15, 0.2) is 0 Å². The quantitative estimate of drug-likeness (QED) is 0.139. The van der Waals surface area contributed by atoms with Crippen molar-refractivity contribution >= 4 is 82.0 Å². The zero-order valence-corrected chi connectivity index (χ0v) is 41.0. The molecule has 0 atom stereocenters. The van der Waals surface area contributed by atoms with Crippen molar-refractivity contribution in [2.45, 2.75) is 174 Å². The van der Waals surface area contributed by atoms with E-state index in [1.54, 1.807) is 5.19 Å². The molecule has 0 aliphatic carbocycles. The van der Waals surface area contributed by atoms with Gasteiger partial charge in [-0.05, 0) is 39.9 Å². The minimum atomic E-state index is -2.85. The van der Waals surface area contributed by atoms with Crippen LogP contribution in [0, 0.1) is 5.41 Å². The van der Waals surface area contributed by atoms with Crippen molar-refractivity contribution in [2.24, 2.45) is 5.41 Å². The van der Waals surface area contributed by atoms with E-state index >= 15 is 0 Å². The zero-order chi connectivity index (χ0) is 34.5. The van der Waals surface area contributed by atoms with Crippen LogP contribution in [0.3, 0.4) is 0 Å². The molecular formula is C34H72Cl2Si7. The van der Waals surface area contributed by atoms with Gasteiger partial charge in [-0.25, -0.2) is 0 Å². The molecule has 0 aliphatic rings. The maximum absolute atomic E-state index is 8.64. The van der Waals surface area contributed by atoms with Crippen LogP contribution in [0.25, 0.3) is 0 Å². The highest BCUT2D eigenvalue weighted by Gasteiger charge is 2.71. The van der Waals surface area contributed by atoms with E-state index in [0.29, 0.717) is 26.8 Å². The van der Waals surface area contributed by atoms with E-state index in [4.69, 9.17) is 22.2 Å². The first kappa shape index (κ1) is 42.3. The molecule has 1 aromatic carbocycles. The first-order valence-corrected chi connectivity index (χ1v) is 40.7. The second-order valence-electron chi connectivity index (χ2n) is 20.3. The molecule has 0 spiro atoms. The Morgan fingerprint density at radius 3 is 1.09 bits per heavy atom. The van der Waals surface area contributed by atoms with E-state index in [1.807, 2.05) is 0 Å². The van der Waals surface area contributed by atoms with E-state index in [0.717, 1.165) is 9.58 Å². The van der Waals surface area contributed by atoms with Crippen molar-refractivity contribution in [3.63, 3.8) is 0 Å². The molecule has 1 rings (SSSR count). The molecule has 2 radical (unpaired) electrons. The molecular weight excluding hydrogens is 676 g/mol. The lowest BCUT2D eigenvalue weighted by Gasteiger charge is -2.64. The number of halogens is 2. The van der Waals surface area contributed by atoms with Crippen LogP contribution in [0.1, 0.15) is 96.8 Å². The Bertz CT molecular complexity index is 987. The Morgan fingerprint density at radius 2 is 0.884 bits per heavy atom. The van der Waals surface area contributed by atoms with Gasteiger partial charge in [0.2, 0.25) is 5.73 Å². The van der Waals surface area contributed by atoms with Gasteiger partial charge in [0.05, 0.1) is 7.59 Å². The van der Waals surface area contributed by atoms with Crippen LogP contribution in [-0.2, 0) is 0 Å². The lowest BCUT2D eigenvalue weighted by Crippen LogP contribution is -2.80. The summed E-state index contributed by atoms with van der Waals surface area (Å²) in [6.07, 6.45) is 0. The Balaban J connectivity index is 4.60. The van der Waals surface area contributed by atoms with Gasteiger partial charge in [0.25, 0.3) is 0 Å². The van der Waals surface area contributed by atoms with E-state index in [9.17, 15) is 0 Å². The zero-order valence-electron chi connectivity index (χ0n) is 32.5. The second-order valence-corrected chi connectivity index (χ2v) is 67.9. The molecule has 0 aromatic heterocycles. The summed E-state index contributed by atoms with van der Waals surface area (Å²) in [7, 11) is -8.44. The predicted molar refractivity (Wildman–Crippen MR) is 222 cm³/mol. The number of rotatable bonds is 13. The second kappa shape index (κ2) is 14.0. The fraction of sp³-hybridized carbons (Fsp3) is 0.824. The Kier molecular flexibility index (Phi) is 13.8. The molecule has 0 aliphatic heterocycles. The average Bonchev–Trinajstić information content (AvgIpc) is 2.66. The minimum absolute atomic E-state index is 0.205. The van der Waals surface area contributed by atoms with Crippen molar-refractivity contribution in [1.29, 1.82) is 0 Å². The topological polar surface area (TPSA) is 0 Å². The highest BCUT2D eigenvalue weighted by atomic mass is 35.7. The molecule has 0 amide bonds. The summed E-state index contributed by atoms with van der Waals surface area (Å²) in [5.74, 6) is 1.44. The van der Waals surface area contributed by atoms with Crippen LogP contribution in [0.2, 0.25) is 94.2 Å². The lowest BCUT2D eigenvalue weighted by molar-refractivity contribution is 0.461. The molecule has 9 heteroatoms. The summed E-state index contributed by atoms with van der Waals surface area (Å²) in [6, 6.07) is 6.37. The van der Waals surface area contributed by atoms with E-state index in [2.05, 4.69) is 153 Å². The summed E-state index contributed by atoms with van der Waals surface area (Å²) >= 11 is 17.3. The third-order valence-electron chi connectivity index (χ3n) is 9.32. The Morgan fingerprint density at radius 1 is 0.581 bits per heavy atom. The summed E-state index contributed by atoms with van der Waals surface area (Å²) < 4.78 is 0. The molecule has 0 saturated heterocycles. The monoisotopic (exact) mass is 746 g/mol. The summed E-state index contributed by atoms with van der Waals surface area (Å²) in [5, 5.41) is 1.56. The molecule has 0 unspecified atom stereocenters. The Labute approximate surface area is 288 Å². The van der Waals surface area contributed by atoms with Crippen LogP contribution in [0.4, 0.5) is 0 Å². The predicted octanol–water partition coefficient (Wildman–Crippen LogP) is 12.6. The third kappa shape index (κ3) is 10.2. The van der Waals surface area contributed by atoms with Crippen molar-refractivity contribution in [3.05, 3.63) is 28.8 Å². The van der Waals surface area contributed by atoms with Gasteiger partial charge in [-0.1, -0.05) is 174 Å². The van der Waals surface area contributed by atoms with E-state index < -0.39 is 45.6 Å². The van der Waals surface area contributed by atoms with Crippen molar-refractivity contribution in [2.75, 3.05) is 0 Å². The molecule has 0 saturated carbocycles. The van der Waals surface area contributed by atoms with Gasteiger partial charge in [-0.2, -0.15) is 22.2 Å². The highest BCUT2D eigenvalue weighted by Crippen LogP contribution is 2.60. The molecule has 0 N–H and O–H groups in total. The third-order valence-corrected chi connectivity index (χ3v) is 73.5. The molecule has 250 valence electrons. The SMILES string of the molecule is CC(C)c1cc(C(C)C)c([Si][Si](Cl)(Cl)[Si](CC(C)(C)C)(C([Si](C)(C)C)[Si](C)(C)C)C([Si](C)(C)C)[Si](C)(C)C)c(C(C)C)c1. The maximum atomic E-state index is 8.64. The smallest absolute Gasteiger partial charge is 0.154 e. The minimum Gasteiger partial charge on any atom is -0.154 e. The number of benzene rings is 1. The van der Waals surface area contributed by atoms with Gasteiger partial charge in [-0.3, -0.25) is 0 Å². The first-order chi connectivity index (χ1) is 18.7. The molecule has 0 nitrogen and oxygen atoms in total. The van der Waals surface area contributed by atoms with Crippen LogP contribution in [-0.4, -0.2) is 54.7 Å². The maximum Gasteiger partial charge on any atom is 0.227 e. The molecule has 0 heterocycles. The van der Waals surface area contributed by atoms with Gasteiger partial charge >= 0.3 is 0 Å². The normalized spacial score (nSPS) is 15.2. The first-order valence-electron chi connectivity index (χ1n) is 17.1. The summed E-state index contributed by atoms with van der Waals surface area (Å²) in [4.78, 5) is 1.59. The largest absolute Gasteiger partial charge is 0.227 e. The van der Waals surface area contributed by atoms with Crippen LogP contribution >= 0.6 is 22.2 Å². The van der Waals surface area contributed by atoms with Crippen LogP contribution < -0.4 is 5.19 Å². The van der Waals surface area contributed by atoms with Gasteiger partial charge in [0, 0.05) is 32.3 Å². The van der Waals surface area contributed by atoms with Crippen LogP contribution in [0.15, 0.2) is 12.1 Å². The molecule has 43 heavy (non-hydrogen) atoms. The fourth-order valence-corrected chi connectivity index (χ4v) is 121. The molecule has 0 fully saturated rings. The summed E-state index contributed by atoms with van der Waals surface area (Å²) in [5.41, 5.74) is 1.89. The number of hydrogen-bond donors (Lipinski definition) is 0. The van der Waals surface area contributed by atoms with Crippen LogP contribution in [0.5, 0.6) is 0 Å². The lowest BCUT2D eigenvalue weighted by atomic mass is 9.89. The average molecular weight is 748 g/mol. The van der Waals surface area contributed by atoms with Gasteiger partial charge in [-0.15, -0.1) is 0 Å². The van der Waals surface area contributed by atoms with Crippen molar-refractivity contribution < 1.29 is 0 Å².